The Kier molecular flexibility index (Phi) is 3.17. The molecule has 1 saturated carbocycles. The van der Waals surface area contributed by atoms with Gasteiger partial charge in [-0.05, 0) is 30.9 Å². The van der Waals surface area contributed by atoms with Crippen LogP contribution in [0.3, 0.4) is 0 Å². The van der Waals surface area contributed by atoms with E-state index in [2.05, 4.69) is 0 Å². The minimum absolute atomic E-state index is 0.196. The lowest BCUT2D eigenvalue weighted by Gasteiger charge is -2.37. The van der Waals surface area contributed by atoms with Crippen LogP contribution in [-0.4, -0.2) is 11.5 Å². The minimum Gasteiger partial charge on any atom is -0.325 e. The summed E-state index contributed by atoms with van der Waals surface area (Å²) in [5.74, 6) is -2.91. The highest BCUT2D eigenvalue weighted by Crippen LogP contribution is 2.38. The van der Waals surface area contributed by atoms with Gasteiger partial charge in [0.25, 0.3) is 0 Å². The fourth-order valence-electron chi connectivity index (χ4n) is 2.31. The molecule has 1 fully saturated rings. The molecule has 0 aromatic heterocycles. The first-order valence-electron chi connectivity index (χ1n) is 5.80. The van der Waals surface area contributed by atoms with E-state index in [1.165, 1.54) is 6.07 Å². The Bertz CT molecular complexity index is 393. The molecule has 0 bridgehead atoms. The molecule has 4 heteroatoms. The summed E-state index contributed by atoms with van der Waals surface area (Å²) in [5, 5.41) is 0. The van der Waals surface area contributed by atoms with E-state index in [1.807, 2.05) is 0 Å². The number of rotatable bonds is 2. The van der Waals surface area contributed by atoms with Crippen LogP contribution in [0.1, 0.15) is 31.2 Å². The number of hydrogen-bond donors (Lipinski definition) is 1. The van der Waals surface area contributed by atoms with E-state index in [4.69, 9.17) is 5.73 Å². The standard InChI is InChI=1S/C13H16F3N/c14-11-4-2-1-3-10(11)9-12(17)5-7-13(15,16)8-6-12/h1-4H,5-9,17H2. The third-order valence-corrected chi connectivity index (χ3v) is 3.48. The van der Waals surface area contributed by atoms with Gasteiger partial charge in [-0.1, -0.05) is 18.2 Å². The lowest BCUT2D eigenvalue weighted by Crippen LogP contribution is -2.47. The highest BCUT2D eigenvalue weighted by atomic mass is 19.3. The third kappa shape index (κ3) is 3.00. The van der Waals surface area contributed by atoms with Crippen molar-refractivity contribution >= 4 is 0 Å². The van der Waals surface area contributed by atoms with E-state index < -0.39 is 11.5 Å². The summed E-state index contributed by atoms with van der Waals surface area (Å²) in [6, 6.07) is 6.38. The lowest BCUT2D eigenvalue weighted by atomic mass is 9.77. The van der Waals surface area contributed by atoms with Crippen LogP contribution in [0.4, 0.5) is 13.2 Å². The maximum absolute atomic E-state index is 13.5. The zero-order chi connectivity index (χ0) is 12.5. The molecule has 2 N–H and O–H groups in total. The van der Waals surface area contributed by atoms with Crippen molar-refractivity contribution in [1.82, 2.24) is 0 Å². The van der Waals surface area contributed by atoms with Crippen molar-refractivity contribution in [2.24, 2.45) is 5.73 Å². The maximum atomic E-state index is 13.5. The van der Waals surface area contributed by atoms with Gasteiger partial charge in [0.1, 0.15) is 5.82 Å². The van der Waals surface area contributed by atoms with E-state index >= 15 is 0 Å². The molecule has 1 aliphatic carbocycles. The molecule has 0 spiro atoms. The Labute approximate surface area is 98.8 Å². The van der Waals surface area contributed by atoms with Crippen LogP contribution in [-0.2, 0) is 6.42 Å². The van der Waals surface area contributed by atoms with Crippen molar-refractivity contribution in [2.75, 3.05) is 0 Å². The number of halogens is 3. The average molecular weight is 243 g/mol. The Morgan fingerprint density at radius 2 is 1.65 bits per heavy atom. The van der Waals surface area contributed by atoms with E-state index in [0.717, 1.165) is 0 Å². The molecule has 1 aromatic carbocycles. The Morgan fingerprint density at radius 3 is 2.24 bits per heavy atom. The van der Waals surface area contributed by atoms with Gasteiger partial charge < -0.3 is 5.73 Å². The third-order valence-electron chi connectivity index (χ3n) is 3.48. The molecule has 0 atom stereocenters. The van der Waals surface area contributed by atoms with Gasteiger partial charge in [0.05, 0.1) is 0 Å². The number of alkyl halides is 2. The van der Waals surface area contributed by atoms with E-state index in [9.17, 15) is 13.2 Å². The zero-order valence-corrected chi connectivity index (χ0v) is 9.56. The minimum atomic E-state index is -2.60. The molecule has 0 radical (unpaired) electrons. The highest BCUT2D eigenvalue weighted by molar-refractivity contribution is 5.20. The summed E-state index contributed by atoms with van der Waals surface area (Å²) in [6.07, 6.45) is 0.425. The van der Waals surface area contributed by atoms with E-state index in [1.54, 1.807) is 18.2 Å². The quantitative estimate of drug-likeness (QED) is 0.847. The topological polar surface area (TPSA) is 26.0 Å². The molecule has 0 amide bonds. The molecule has 94 valence electrons. The lowest BCUT2D eigenvalue weighted by molar-refractivity contribution is -0.0505. The van der Waals surface area contributed by atoms with Crippen molar-refractivity contribution in [3.05, 3.63) is 35.6 Å². The summed E-state index contributed by atoms with van der Waals surface area (Å²) in [7, 11) is 0. The number of nitrogens with two attached hydrogens (primary N) is 1. The Balaban J connectivity index is 2.07. The van der Waals surface area contributed by atoms with E-state index in [0.29, 0.717) is 12.0 Å². The van der Waals surface area contributed by atoms with Crippen LogP contribution in [0.5, 0.6) is 0 Å². The molecular weight excluding hydrogens is 227 g/mol. The maximum Gasteiger partial charge on any atom is 0.248 e. The van der Waals surface area contributed by atoms with Crippen LogP contribution in [0.2, 0.25) is 0 Å². The molecule has 17 heavy (non-hydrogen) atoms. The second-order valence-corrected chi connectivity index (χ2v) is 4.99. The first-order chi connectivity index (χ1) is 7.90. The molecular formula is C13H16F3N. The average Bonchev–Trinajstić information content (AvgIpc) is 2.27. The van der Waals surface area contributed by atoms with Crippen LogP contribution >= 0.6 is 0 Å². The smallest absolute Gasteiger partial charge is 0.248 e. The number of hydrogen-bond acceptors (Lipinski definition) is 1. The van der Waals surface area contributed by atoms with Crippen LogP contribution in [0.15, 0.2) is 24.3 Å². The fourth-order valence-corrected chi connectivity index (χ4v) is 2.31. The van der Waals surface area contributed by atoms with Gasteiger partial charge in [-0.3, -0.25) is 0 Å². The molecule has 1 aliphatic rings. The molecule has 0 unspecified atom stereocenters. The first kappa shape index (κ1) is 12.4. The second-order valence-electron chi connectivity index (χ2n) is 4.99. The van der Waals surface area contributed by atoms with Gasteiger partial charge in [-0.25, -0.2) is 13.2 Å². The van der Waals surface area contributed by atoms with Gasteiger partial charge in [0.15, 0.2) is 0 Å². The Hall–Kier alpha value is -1.03. The summed E-state index contributed by atoms with van der Waals surface area (Å²) in [6.45, 7) is 0. The van der Waals surface area contributed by atoms with E-state index in [-0.39, 0.29) is 31.5 Å². The highest BCUT2D eigenvalue weighted by Gasteiger charge is 2.41. The van der Waals surface area contributed by atoms with Gasteiger partial charge in [0, 0.05) is 18.4 Å². The first-order valence-corrected chi connectivity index (χ1v) is 5.80. The second kappa shape index (κ2) is 4.33. The summed E-state index contributed by atoms with van der Waals surface area (Å²) >= 11 is 0. The monoisotopic (exact) mass is 243 g/mol. The summed E-state index contributed by atoms with van der Waals surface area (Å²) in [4.78, 5) is 0. The van der Waals surface area contributed by atoms with Gasteiger partial charge >= 0.3 is 0 Å². The van der Waals surface area contributed by atoms with Crippen molar-refractivity contribution in [3.8, 4) is 0 Å². The SMILES string of the molecule is NC1(Cc2ccccc2F)CCC(F)(F)CC1. The molecule has 0 heterocycles. The fraction of sp³-hybridized carbons (Fsp3) is 0.538. The summed E-state index contributed by atoms with van der Waals surface area (Å²) < 4.78 is 39.5. The molecule has 0 aliphatic heterocycles. The predicted octanol–water partition coefficient (Wildman–Crippen LogP) is 3.28. The number of benzene rings is 1. The van der Waals surface area contributed by atoms with Crippen molar-refractivity contribution in [3.63, 3.8) is 0 Å². The zero-order valence-electron chi connectivity index (χ0n) is 9.56. The van der Waals surface area contributed by atoms with Crippen LogP contribution in [0.25, 0.3) is 0 Å². The largest absolute Gasteiger partial charge is 0.325 e. The van der Waals surface area contributed by atoms with Gasteiger partial charge in [-0.15, -0.1) is 0 Å². The molecule has 0 saturated heterocycles. The van der Waals surface area contributed by atoms with Crippen molar-refractivity contribution < 1.29 is 13.2 Å². The predicted molar refractivity (Wildman–Crippen MR) is 60.4 cm³/mol. The van der Waals surface area contributed by atoms with Crippen LogP contribution in [0, 0.1) is 5.82 Å². The Morgan fingerprint density at radius 1 is 1.06 bits per heavy atom. The molecule has 1 nitrogen and oxygen atoms in total. The molecule has 1 aromatic rings. The normalized spacial score (nSPS) is 22.4. The van der Waals surface area contributed by atoms with Crippen molar-refractivity contribution in [1.29, 1.82) is 0 Å². The van der Waals surface area contributed by atoms with Gasteiger partial charge in [-0.2, -0.15) is 0 Å². The van der Waals surface area contributed by atoms with Crippen molar-refractivity contribution in [2.45, 2.75) is 43.6 Å². The van der Waals surface area contributed by atoms with Gasteiger partial charge in [0.2, 0.25) is 5.92 Å². The van der Waals surface area contributed by atoms with Crippen LogP contribution < -0.4 is 5.73 Å². The summed E-state index contributed by atoms with van der Waals surface area (Å²) in [5.41, 5.74) is 5.90. The molecule has 2 rings (SSSR count).